The Kier molecular flexibility index (Phi) is 2.26. The van der Waals surface area contributed by atoms with Crippen LogP contribution in [0.3, 0.4) is 0 Å². The van der Waals surface area contributed by atoms with Crippen LogP contribution in [-0.2, 0) is 0 Å². The van der Waals surface area contributed by atoms with Gasteiger partial charge < -0.3 is 0 Å². The van der Waals surface area contributed by atoms with Crippen molar-refractivity contribution < 1.29 is 4.79 Å². The lowest BCUT2D eigenvalue weighted by molar-refractivity contribution is 0.108. The van der Waals surface area contributed by atoms with Crippen LogP contribution in [0.25, 0.3) is 10.8 Å². The van der Waals surface area contributed by atoms with Crippen LogP contribution in [0.2, 0.25) is 0 Å². The van der Waals surface area contributed by atoms with Crippen molar-refractivity contribution in [1.82, 2.24) is 0 Å². The fourth-order valence-corrected chi connectivity index (χ4v) is 1.78. The van der Waals surface area contributed by atoms with E-state index in [-0.39, 0.29) is 0 Å². The van der Waals surface area contributed by atoms with Crippen LogP contribution in [-0.4, -0.2) is 5.24 Å². The molecule has 0 amide bonds. The van der Waals surface area contributed by atoms with E-state index in [9.17, 15) is 4.79 Å². The van der Waals surface area contributed by atoms with Crippen LogP contribution in [0.1, 0.15) is 15.9 Å². The van der Waals surface area contributed by atoms with E-state index in [1.165, 1.54) is 0 Å². The zero-order chi connectivity index (χ0) is 10.1. The van der Waals surface area contributed by atoms with Gasteiger partial charge in [0.2, 0.25) is 0 Å². The van der Waals surface area contributed by atoms with E-state index < -0.39 is 5.24 Å². The number of aryl methyl sites for hydroxylation is 1. The second-order valence-corrected chi connectivity index (χ2v) is 3.65. The quantitative estimate of drug-likeness (QED) is 0.650. The molecule has 2 aromatic rings. The molecule has 0 fully saturated rings. The summed E-state index contributed by atoms with van der Waals surface area (Å²) in [4.78, 5) is 11.2. The summed E-state index contributed by atoms with van der Waals surface area (Å²) in [6.07, 6.45) is 0. The second-order valence-electron chi connectivity index (χ2n) is 3.31. The Hall–Kier alpha value is -1.34. The standard InChI is InChI=1S/C12H9ClO/c1-8-6-9-4-2-3-5-10(9)11(7-8)12(13)14/h2-7H,1H3. The van der Waals surface area contributed by atoms with Crippen molar-refractivity contribution in [3.63, 3.8) is 0 Å². The first-order valence-electron chi connectivity index (χ1n) is 4.38. The Morgan fingerprint density at radius 2 is 1.93 bits per heavy atom. The maximum Gasteiger partial charge on any atom is 0.253 e. The molecule has 1 nitrogen and oxygen atoms in total. The molecule has 0 saturated heterocycles. The summed E-state index contributed by atoms with van der Waals surface area (Å²) in [6.45, 7) is 1.95. The molecular formula is C12H9ClO. The van der Waals surface area contributed by atoms with Crippen LogP contribution < -0.4 is 0 Å². The molecule has 0 unspecified atom stereocenters. The van der Waals surface area contributed by atoms with E-state index in [4.69, 9.17) is 11.6 Å². The molecule has 0 saturated carbocycles. The molecule has 14 heavy (non-hydrogen) atoms. The van der Waals surface area contributed by atoms with Gasteiger partial charge in [0.25, 0.3) is 5.24 Å². The van der Waals surface area contributed by atoms with Gasteiger partial charge in [-0.3, -0.25) is 4.79 Å². The fraction of sp³-hybridized carbons (Fsp3) is 0.0833. The Morgan fingerprint density at radius 3 is 2.64 bits per heavy atom. The fourth-order valence-electron chi connectivity index (χ4n) is 1.62. The highest BCUT2D eigenvalue weighted by molar-refractivity contribution is 6.68. The number of hydrogen-bond acceptors (Lipinski definition) is 1. The third-order valence-electron chi connectivity index (χ3n) is 2.22. The van der Waals surface area contributed by atoms with Crippen molar-refractivity contribution in [2.45, 2.75) is 6.92 Å². The van der Waals surface area contributed by atoms with E-state index in [0.717, 1.165) is 16.3 Å². The first-order valence-corrected chi connectivity index (χ1v) is 4.75. The molecule has 0 atom stereocenters. The zero-order valence-corrected chi connectivity index (χ0v) is 8.51. The molecule has 0 aliphatic carbocycles. The average Bonchev–Trinajstić information content (AvgIpc) is 2.16. The van der Waals surface area contributed by atoms with E-state index in [1.54, 1.807) is 0 Å². The molecule has 70 valence electrons. The molecule has 2 rings (SSSR count). The van der Waals surface area contributed by atoms with Gasteiger partial charge >= 0.3 is 0 Å². The number of fused-ring (bicyclic) bond motifs is 1. The van der Waals surface area contributed by atoms with Crippen LogP contribution >= 0.6 is 11.6 Å². The summed E-state index contributed by atoms with van der Waals surface area (Å²) < 4.78 is 0. The topological polar surface area (TPSA) is 17.1 Å². The van der Waals surface area contributed by atoms with E-state index in [1.807, 2.05) is 43.3 Å². The zero-order valence-electron chi connectivity index (χ0n) is 7.75. The van der Waals surface area contributed by atoms with Gasteiger partial charge in [0.05, 0.1) is 0 Å². The average molecular weight is 205 g/mol. The van der Waals surface area contributed by atoms with E-state index >= 15 is 0 Å². The first-order chi connectivity index (χ1) is 6.68. The molecule has 0 N–H and O–H groups in total. The number of halogens is 1. The van der Waals surface area contributed by atoms with E-state index in [0.29, 0.717) is 5.56 Å². The van der Waals surface area contributed by atoms with Crippen molar-refractivity contribution in [1.29, 1.82) is 0 Å². The van der Waals surface area contributed by atoms with Crippen molar-refractivity contribution >= 4 is 27.6 Å². The third kappa shape index (κ3) is 1.51. The normalized spacial score (nSPS) is 10.4. The van der Waals surface area contributed by atoms with Crippen molar-refractivity contribution in [2.24, 2.45) is 0 Å². The minimum atomic E-state index is -0.398. The summed E-state index contributed by atoms with van der Waals surface area (Å²) in [5.74, 6) is 0. The summed E-state index contributed by atoms with van der Waals surface area (Å²) in [5, 5.41) is 1.57. The highest BCUT2D eigenvalue weighted by Crippen LogP contribution is 2.22. The molecule has 0 aromatic heterocycles. The predicted molar refractivity (Wildman–Crippen MR) is 58.9 cm³/mol. The highest BCUT2D eigenvalue weighted by atomic mass is 35.5. The monoisotopic (exact) mass is 204 g/mol. The van der Waals surface area contributed by atoms with Crippen LogP contribution in [0, 0.1) is 6.92 Å². The third-order valence-corrected chi connectivity index (χ3v) is 2.42. The minimum absolute atomic E-state index is 0.398. The summed E-state index contributed by atoms with van der Waals surface area (Å²) in [6, 6.07) is 11.6. The van der Waals surface area contributed by atoms with Crippen molar-refractivity contribution in [3.05, 3.63) is 47.5 Å². The lowest BCUT2D eigenvalue weighted by Gasteiger charge is -2.03. The Morgan fingerprint density at radius 1 is 1.21 bits per heavy atom. The Bertz CT molecular complexity index is 503. The van der Waals surface area contributed by atoms with Gasteiger partial charge in [0.1, 0.15) is 0 Å². The minimum Gasteiger partial charge on any atom is -0.276 e. The lowest BCUT2D eigenvalue weighted by atomic mass is 10.0. The van der Waals surface area contributed by atoms with E-state index in [2.05, 4.69) is 0 Å². The first kappa shape index (κ1) is 9.22. The molecule has 2 aromatic carbocycles. The number of rotatable bonds is 1. The summed E-state index contributed by atoms with van der Waals surface area (Å²) in [7, 11) is 0. The molecule has 0 aliphatic rings. The maximum absolute atomic E-state index is 11.2. The van der Waals surface area contributed by atoms with Crippen LogP contribution in [0.4, 0.5) is 0 Å². The van der Waals surface area contributed by atoms with Gasteiger partial charge in [0.15, 0.2) is 0 Å². The van der Waals surface area contributed by atoms with Crippen LogP contribution in [0.15, 0.2) is 36.4 Å². The predicted octanol–water partition coefficient (Wildman–Crippen LogP) is 3.53. The SMILES string of the molecule is Cc1cc(C(=O)Cl)c2ccccc2c1. The lowest BCUT2D eigenvalue weighted by Crippen LogP contribution is -1.91. The molecular weight excluding hydrogens is 196 g/mol. The van der Waals surface area contributed by atoms with Gasteiger partial charge in [-0.25, -0.2) is 0 Å². The number of carbonyl (C=O) groups is 1. The summed E-state index contributed by atoms with van der Waals surface area (Å²) >= 11 is 5.52. The maximum atomic E-state index is 11.2. The molecule has 0 aliphatic heterocycles. The number of carbonyl (C=O) groups excluding carboxylic acids is 1. The van der Waals surface area contributed by atoms with Crippen LogP contribution in [0.5, 0.6) is 0 Å². The van der Waals surface area contributed by atoms with Gasteiger partial charge in [-0.05, 0) is 40.9 Å². The largest absolute Gasteiger partial charge is 0.276 e. The van der Waals surface area contributed by atoms with Gasteiger partial charge in [-0.15, -0.1) is 0 Å². The second kappa shape index (κ2) is 3.43. The summed E-state index contributed by atoms with van der Waals surface area (Å²) in [5.41, 5.74) is 1.63. The molecule has 0 heterocycles. The Balaban J connectivity index is 2.87. The Labute approximate surface area is 87.3 Å². The molecule has 2 heteroatoms. The highest BCUT2D eigenvalue weighted by Gasteiger charge is 2.07. The molecule has 0 bridgehead atoms. The van der Waals surface area contributed by atoms with Crippen molar-refractivity contribution in [2.75, 3.05) is 0 Å². The number of hydrogen-bond donors (Lipinski definition) is 0. The van der Waals surface area contributed by atoms with Gasteiger partial charge in [-0.2, -0.15) is 0 Å². The smallest absolute Gasteiger partial charge is 0.253 e. The van der Waals surface area contributed by atoms with Crippen molar-refractivity contribution in [3.8, 4) is 0 Å². The number of benzene rings is 2. The molecule has 0 spiro atoms. The van der Waals surface area contributed by atoms with Gasteiger partial charge in [-0.1, -0.05) is 30.3 Å². The molecule has 0 radical (unpaired) electrons. The van der Waals surface area contributed by atoms with Gasteiger partial charge in [0, 0.05) is 5.56 Å².